The van der Waals surface area contributed by atoms with Gasteiger partial charge in [-0.25, -0.2) is 9.78 Å². The Morgan fingerprint density at radius 2 is 1.74 bits per heavy atom. The Morgan fingerprint density at radius 3 is 2.19 bits per heavy atom. The number of ether oxygens (including phenoxy) is 1. The number of Topliss-reactive ketones (excluding diaryl/α,β-unsaturated/α-hetero) is 1. The van der Waals surface area contributed by atoms with Gasteiger partial charge in [0.15, 0.2) is 19.1 Å². The van der Waals surface area contributed by atoms with E-state index in [1.807, 2.05) is 5.38 Å². The van der Waals surface area contributed by atoms with Gasteiger partial charge in [-0.05, 0) is 35.4 Å². The van der Waals surface area contributed by atoms with Crippen LogP contribution in [0, 0.1) is 23.2 Å². The van der Waals surface area contributed by atoms with E-state index in [1.165, 1.54) is 11.3 Å². The molecule has 0 bridgehead atoms. The Kier molecular flexibility index (Phi) is 9.48. The molecule has 6 nitrogen and oxygen atoms in total. The molecule has 1 aromatic rings. The van der Waals surface area contributed by atoms with Gasteiger partial charge in [0.1, 0.15) is 0 Å². The Morgan fingerprint density at radius 1 is 1.16 bits per heavy atom. The molecule has 0 aliphatic rings. The topological polar surface area (TPSA) is 91.5 Å². The smallest absolute Gasteiger partial charge is 0.404 e. The SMILES string of the molecule is CC(C)C(CC(=O)c1nc(CO[Si](C)(C)C(C)(C)C)cs1)[C@@H](COC(N)=O)C(C)(C)C. The minimum Gasteiger partial charge on any atom is -0.449 e. The highest BCUT2D eigenvalue weighted by molar-refractivity contribution is 7.11. The first-order valence-electron chi connectivity index (χ1n) is 11.0. The molecule has 2 N–H and O–H groups in total. The molecule has 0 aromatic carbocycles. The van der Waals surface area contributed by atoms with Crippen molar-refractivity contribution in [2.24, 2.45) is 28.9 Å². The molecule has 1 amide bonds. The molecule has 2 atom stereocenters. The van der Waals surface area contributed by atoms with E-state index in [-0.39, 0.29) is 40.6 Å². The van der Waals surface area contributed by atoms with E-state index in [0.29, 0.717) is 18.0 Å². The van der Waals surface area contributed by atoms with Gasteiger partial charge in [-0.1, -0.05) is 55.4 Å². The summed E-state index contributed by atoms with van der Waals surface area (Å²) in [6.07, 6.45) is -0.424. The second-order valence-electron chi connectivity index (χ2n) is 11.3. The van der Waals surface area contributed by atoms with Gasteiger partial charge in [-0.3, -0.25) is 4.79 Å². The number of hydrogen-bond acceptors (Lipinski definition) is 6. The average molecular weight is 471 g/mol. The molecule has 1 heterocycles. The summed E-state index contributed by atoms with van der Waals surface area (Å²) in [7, 11) is -1.87. The Balaban J connectivity index is 2.93. The molecule has 8 heteroatoms. The van der Waals surface area contributed by atoms with Crippen molar-refractivity contribution >= 4 is 31.5 Å². The third-order valence-corrected chi connectivity index (χ3v) is 11.9. The van der Waals surface area contributed by atoms with Gasteiger partial charge in [0.25, 0.3) is 0 Å². The van der Waals surface area contributed by atoms with E-state index in [4.69, 9.17) is 14.9 Å². The summed E-state index contributed by atoms with van der Waals surface area (Å²) in [5.41, 5.74) is 5.86. The maximum absolute atomic E-state index is 13.1. The number of nitrogens with two attached hydrogens (primary N) is 1. The van der Waals surface area contributed by atoms with Gasteiger partial charge in [-0.15, -0.1) is 11.3 Å². The summed E-state index contributed by atoms with van der Waals surface area (Å²) in [4.78, 5) is 28.8. The lowest BCUT2D eigenvalue weighted by molar-refractivity contribution is 0.0390. The molecular weight excluding hydrogens is 428 g/mol. The van der Waals surface area contributed by atoms with Crippen LogP contribution in [0.1, 0.15) is 77.3 Å². The predicted molar refractivity (Wildman–Crippen MR) is 130 cm³/mol. The summed E-state index contributed by atoms with van der Waals surface area (Å²) in [5.74, 6) is 0.314. The van der Waals surface area contributed by atoms with Crippen LogP contribution in [0.3, 0.4) is 0 Å². The zero-order valence-corrected chi connectivity index (χ0v) is 22.8. The fourth-order valence-electron chi connectivity index (χ4n) is 3.30. The fourth-order valence-corrected chi connectivity index (χ4v) is 5.00. The number of carbonyl (C=O) groups is 2. The van der Waals surface area contributed by atoms with E-state index in [0.717, 1.165) is 5.69 Å². The first kappa shape index (κ1) is 27.8. The average Bonchev–Trinajstić information content (AvgIpc) is 3.05. The minimum atomic E-state index is -1.87. The summed E-state index contributed by atoms with van der Waals surface area (Å²) >= 11 is 1.38. The van der Waals surface area contributed by atoms with Crippen LogP contribution in [-0.4, -0.2) is 31.8 Å². The zero-order valence-electron chi connectivity index (χ0n) is 21.0. The summed E-state index contributed by atoms with van der Waals surface area (Å²) < 4.78 is 11.4. The van der Waals surface area contributed by atoms with Crippen molar-refractivity contribution in [1.82, 2.24) is 4.98 Å². The number of hydrogen-bond donors (Lipinski definition) is 1. The van der Waals surface area contributed by atoms with Gasteiger partial charge in [0.2, 0.25) is 0 Å². The number of primary amides is 1. The largest absolute Gasteiger partial charge is 0.449 e. The van der Waals surface area contributed by atoms with Crippen molar-refractivity contribution in [1.29, 1.82) is 0 Å². The monoisotopic (exact) mass is 470 g/mol. The highest BCUT2D eigenvalue weighted by Gasteiger charge is 2.38. The number of thiazole rings is 1. The predicted octanol–water partition coefficient (Wildman–Crippen LogP) is 6.27. The van der Waals surface area contributed by atoms with Gasteiger partial charge in [-0.2, -0.15) is 0 Å². The number of amides is 1. The van der Waals surface area contributed by atoms with Crippen LogP contribution in [0.5, 0.6) is 0 Å². The molecule has 1 unspecified atom stereocenters. The lowest BCUT2D eigenvalue weighted by Gasteiger charge is -2.38. The Labute approximate surface area is 193 Å². The molecule has 0 saturated carbocycles. The van der Waals surface area contributed by atoms with E-state index < -0.39 is 14.4 Å². The maximum Gasteiger partial charge on any atom is 0.404 e. The van der Waals surface area contributed by atoms with E-state index >= 15 is 0 Å². The normalized spacial score (nSPS) is 15.1. The van der Waals surface area contributed by atoms with Crippen molar-refractivity contribution in [2.75, 3.05) is 6.61 Å². The van der Waals surface area contributed by atoms with Gasteiger partial charge < -0.3 is 14.9 Å². The van der Waals surface area contributed by atoms with Gasteiger partial charge in [0.05, 0.1) is 18.9 Å². The van der Waals surface area contributed by atoms with Gasteiger partial charge in [0, 0.05) is 17.7 Å². The van der Waals surface area contributed by atoms with Crippen LogP contribution in [0.2, 0.25) is 18.1 Å². The third-order valence-electron chi connectivity index (χ3n) is 6.49. The van der Waals surface area contributed by atoms with Crippen LogP contribution in [-0.2, 0) is 15.8 Å². The van der Waals surface area contributed by atoms with Crippen LogP contribution in [0.4, 0.5) is 4.79 Å². The Hall–Kier alpha value is -1.25. The first-order chi connectivity index (χ1) is 14.0. The van der Waals surface area contributed by atoms with Crippen LogP contribution >= 0.6 is 11.3 Å². The molecule has 0 radical (unpaired) electrons. The van der Waals surface area contributed by atoms with E-state index in [2.05, 4.69) is 73.5 Å². The second-order valence-corrected chi connectivity index (χ2v) is 17.0. The molecule has 0 spiro atoms. The molecule has 0 fully saturated rings. The van der Waals surface area contributed by atoms with Crippen molar-refractivity contribution in [3.8, 4) is 0 Å². The number of rotatable bonds is 10. The number of ketones is 1. The highest BCUT2D eigenvalue weighted by atomic mass is 32.1. The third kappa shape index (κ3) is 8.31. The molecule has 0 aliphatic heterocycles. The molecule has 0 aliphatic carbocycles. The number of carbonyl (C=O) groups excluding carboxylic acids is 2. The van der Waals surface area contributed by atoms with Crippen molar-refractivity contribution in [3.63, 3.8) is 0 Å². The van der Waals surface area contributed by atoms with Crippen LogP contribution < -0.4 is 5.73 Å². The van der Waals surface area contributed by atoms with Crippen LogP contribution in [0.25, 0.3) is 0 Å². The molecule has 1 rings (SSSR count). The first-order valence-corrected chi connectivity index (χ1v) is 14.8. The van der Waals surface area contributed by atoms with E-state index in [9.17, 15) is 9.59 Å². The summed E-state index contributed by atoms with van der Waals surface area (Å²) in [6, 6.07) is 0. The minimum absolute atomic E-state index is 0.00491. The highest BCUT2D eigenvalue weighted by Crippen LogP contribution is 2.39. The maximum atomic E-state index is 13.1. The zero-order chi connectivity index (χ0) is 24.2. The van der Waals surface area contributed by atoms with E-state index in [1.54, 1.807) is 0 Å². The van der Waals surface area contributed by atoms with Gasteiger partial charge >= 0.3 is 6.09 Å². The summed E-state index contributed by atoms with van der Waals surface area (Å²) in [5, 5.41) is 2.56. The van der Waals surface area contributed by atoms with Crippen LogP contribution in [0.15, 0.2) is 5.38 Å². The molecule has 31 heavy (non-hydrogen) atoms. The Bertz CT molecular complexity index is 747. The molecule has 0 saturated heterocycles. The molecular formula is C23H42N2O4SSi. The lowest BCUT2D eigenvalue weighted by Crippen LogP contribution is -2.40. The standard InChI is InChI=1S/C23H42N2O4SSi/c1-15(2)17(18(22(3,4)5)13-28-21(24)27)11-19(26)20-25-16(14-30-20)12-29-31(9,10)23(6,7)8/h14-15,17-18H,11-13H2,1-10H3,(H2,24,27)/t17?,18-/m1/s1. The van der Waals surface area contributed by atoms with Crippen molar-refractivity contribution < 1.29 is 18.8 Å². The number of aromatic nitrogens is 1. The molecule has 178 valence electrons. The fraction of sp³-hybridized carbons (Fsp3) is 0.783. The second kappa shape index (κ2) is 10.6. The van der Waals surface area contributed by atoms with Crippen molar-refractivity contribution in [3.05, 3.63) is 16.1 Å². The number of nitrogens with zero attached hydrogens (tertiary/aromatic N) is 1. The summed E-state index contributed by atoms with van der Waals surface area (Å²) in [6.45, 7) is 22.2. The van der Waals surface area contributed by atoms with Crippen molar-refractivity contribution in [2.45, 2.75) is 86.5 Å². The lowest BCUT2D eigenvalue weighted by atomic mass is 9.68. The quantitative estimate of drug-likeness (QED) is 0.321. The molecule has 1 aromatic heterocycles.